The molecule has 10 rings (SSSR count). The molecule has 0 atom stereocenters. The first kappa shape index (κ1) is 32.5. The Bertz CT molecular complexity index is 2820. The van der Waals surface area contributed by atoms with Crippen molar-refractivity contribution >= 4 is 95.1 Å². The third-order valence-corrected chi connectivity index (χ3v) is 13.8. The Morgan fingerprint density at radius 2 is 1.51 bits per heavy atom. The molecule has 0 unspecified atom stereocenters. The summed E-state index contributed by atoms with van der Waals surface area (Å²) in [4.78, 5) is 4.07. The van der Waals surface area contributed by atoms with Gasteiger partial charge >= 0.3 is 0 Å². The Morgan fingerprint density at radius 3 is 2.38 bits per heavy atom. The van der Waals surface area contributed by atoms with E-state index in [2.05, 4.69) is 143 Å². The van der Waals surface area contributed by atoms with E-state index in [9.17, 15) is 0 Å². The number of benzene rings is 6. The van der Waals surface area contributed by atoms with E-state index in [4.69, 9.17) is 5.73 Å². The van der Waals surface area contributed by atoms with Gasteiger partial charge < -0.3 is 10.6 Å². The molecule has 0 saturated heterocycles. The molecule has 0 radical (unpaired) electrons. The molecule has 0 spiro atoms. The van der Waals surface area contributed by atoms with Crippen LogP contribution in [-0.2, 0) is 12.8 Å². The zero-order valence-electron chi connectivity index (χ0n) is 30.8. The molecule has 2 N–H and O–H groups in total. The molecule has 2 aromatic heterocycles. The summed E-state index contributed by atoms with van der Waals surface area (Å²) < 4.78 is 3.98. The van der Waals surface area contributed by atoms with Crippen molar-refractivity contribution in [3.63, 3.8) is 0 Å². The molecule has 258 valence electrons. The fourth-order valence-corrected chi connectivity index (χ4v) is 11.1. The number of unbranched alkanes of at least 4 members (excludes halogenated alkanes) is 1. The highest BCUT2D eigenvalue weighted by Crippen LogP contribution is 2.53. The molecule has 6 aromatic carbocycles. The summed E-state index contributed by atoms with van der Waals surface area (Å²) in [6, 6.07) is 37.3. The average Bonchev–Trinajstić information content (AvgIpc) is 3.73. The molecule has 1 aliphatic heterocycles. The summed E-state index contributed by atoms with van der Waals surface area (Å²) in [5.41, 5.74) is 25.4. The summed E-state index contributed by atoms with van der Waals surface area (Å²) in [5, 5.41) is 3.96. The molecular formula is C48H41BN2S2. The largest absolute Gasteiger partial charge is 0.398 e. The summed E-state index contributed by atoms with van der Waals surface area (Å²) >= 11 is 3.85. The standard InChI is InChI=1S/C48H41BN2S2/c1-4-5-10-29-22-36(33-19-27(2)15-17-40(33)50)47-37(23-29)38-20-28(3)21-42(48(38)49)51(30-16-18-45-34(24-30)31-11-6-8-13-43(31)52-45)41-25-35-32-12-7-9-14-44(32)53-46(35)26-39(41)47/h6-7,9,11-12,14-26H,4-5,8,10,13,49-50H2,1-3H3. The van der Waals surface area contributed by atoms with Crippen LogP contribution in [0.25, 0.3) is 69.7 Å². The van der Waals surface area contributed by atoms with Gasteiger partial charge in [0.1, 0.15) is 7.85 Å². The number of nitrogens with two attached hydrogens (primary N) is 1. The van der Waals surface area contributed by atoms with Crippen molar-refractivity contribution in [1.82, 2.24) is 0 Å². The number of nitrogen functional groups attached to an aromatic ring is 1. The van der Waals surface area contributed by atoms with Crippen molar-refractivity contribution in [2.24, 2.45) is 0 Å². The highest BCUT2D eigenvalue weighted by atomic mass is 32.1. The van der Waals surface area contributed by atoms with Gasteiger partial charge in [0.2, 0.25) is 0 Å². The minimum atomic E-state index is 0.816. The second-order valence-corrected chi connectivity index (χ2v) is 17.3. The minimum absolute atomic E-state index is 0.816. The van der Waals surface area contributed by atoms with Crippen molar-refractivity contribution in [2.75, 3.05) is 10.6 Å². The first-order chi connectivity index (χ1) is 25.9. The van der Waals surface area contributed by atoms with Crippen LogP contribution in [-0.4, -0.2) is 7.85 Å². The zero-order valence-corrected chi connectivity index (χ0v) is 32.4. The minimum Gasteiger partial charge on any atom is -0.398 e. The summed E-state index contributed by atoms with van der Waals surface area (Å²) in [6.45, 7) is 6.71. The van der Waals surface area contributed by atoms with E-state index in [1.165, 1.54) is 108 Å². The maximum absolute atomic E-state index is 6.96. The molecule has 1 aliphatic carbocycles. The van der Waals surface area contributed by atoms with E-state index >= 15 is 0 Å². The highest BCUT2D eigenvalue weighted by molar-refractivity contribution is 7.25. The molecule has 53 heavy (non-hydrogen) atoms. The normalized spacial score (nSPS) is 13.3. The lowest BCUT2D eigenvalue weighted by Gasteiger charge is -2.34. The molecular weight excluding hydrogens is 679 g/mol. The van der Waals surface area contributed by atoms with Crippen molar-refractivity contribution in [3.05, 3.63) is 130 Å². The van der Waals surface area contributed by atoms with E-state index < -0.39 is 0 Å². The zero-order chi connectivity index (χ0) is 36.0. The van der Waals surface area contributed by atoms with E-state index in [1.807, 2.05) is 22.7 Å². The van der Waals surface area contributed by atoms with Gasteiger partial charge in [-0.15, -0.1) is 22.7 Å². The summed E-state index contributed by atoms with van der Waals surface area (Å²) in [5.74, 6) is 0. The fourth-order valence-electron chi connectivity index (χ4n) is 8.83. The van der Waals surface area contributed by atoms with E-state index in [-0.39, 0.29) is 0 Å². The van der Waals surface area contributed by atoms with Gasteiger partial charge in [0, 0.05) is 63.3 Å². The Hall–Kier alpha value is -5.10. The Morgan fingerprint density at radius 1 is 0.698 bits per heavy atom. The molecule has 2 aliphatic rings. The number of hydrogen-bond acceptors (Lipinski definition) is 4. The van der Waals surface area contributed by atoms with Crippen LogP contribution >= 0.6 is 22.7 Å². The van der Waals surface area contributed by atoms with Crippen molar-refractivity contribution in [3.8, 4) is 33.4 Å². The maximum atomic E-state index is 6.96. The molecule has 2 nitrogen and oxygen atoms in total. The van der Waals surface area contributed by atoms with Crippen molar-refractivity contribution in [1.29, 1.82) is 0 Å². The van der Waals surface area contributed by atoms with E-state index in [1.54, 1.807) is 0 Å². The number of thiophene rings is 2. The van der Waals surface area contributed by atoms with Crippen molar-refractivity contribution < 1.29 is 0 Å². The van der Waals surface area contributed by atoms with Crippen LogP contribution in [0.15, 0.2) is 103 Å². The summed E-state index contributed by atoms with van der Waals surface area (Å²) in [6.07, 6.45) is 10.3. The Balaban J connectivity index is 1.37. The Labute approximate surface area is 320 Å². The van der Waals surface area contributed by atoms with Gasteiger partial charge in [0.25, 0.3) is 0 Å². The van der Waals surface area contributed by atoms with Crippen molar-refractivity contribution in [2.45, 2.75) is 52.9 Å². The van der Waals surface area contributed by atoms with Crippen LogP contribution in [0.1, 0.15) is 53.3 Å². The average molecular weight is 721 g/mol. The van der Waals surface area contributed by atoms with E-state index in [0.29, 0.717) is 0 Å². The lowest BCUT2D eigenvalue weighted by molar-refractivity contribution is 0.795. The summed E-state index contributed by atoms with van der Waals surface area (Å²) in [7, 11) is 2.33. The smallest absolute Gasteiger partial charge is 0.142 e. The first-order valence-electron chi connectivity index (χ1n) is 19.0. The second kappa shape index (κ2) is 12.5. The molecule has 8 aromatic rings. The fraction of sp³-hybridized carbons (Fsp3) is 0.167. The third kappa shape index (κ3) is 5.20. The number of allylic oxidation sites excluding steroid dienone is 1. The lowest BCUT2D eigenvalue weighted by Crippen LogP contribution is -2.23. The van der Waals surface area contributed by atoms with Crippen LogP contribution in [0.5, 0.6) is 0 Å². The number of aryl methyl sites for hydroxylation is 4. The number of nitrogens with zero attached hydrogens (tertiary/aromatic N) is 1. The van der Waals surface area contributed by atoms with Gasteiger partial charge in [-0.25, -0.2) is 0 Å². The molecule has 5 heteroatoms. The van der Waals surface area contributed by atoms with Gasteiger partial charge in [-0.3, -0.25) is 0 Å². The SMILES string of the molecule is Bc1c2cc(C)cc1N(c1ccc3sc4c(c3c1)C=CCC4)c1cc3c(cc1-c1c(-c4cc(C)ccc4N)cc(CCCC)cc1-2)sc1ccccc13. The van der Waals surface area contributed by atoms with E-state index in [0.717, 1.165) is 43.4 Å². The van der Waals surface area contributed by atoms with Crippen LogP contribution in [0.4, 0.5) is 22.7 Å². The van der Waals surface area contributed by atoms with Gasteiger partial charge in [-0.2, -0.15) is 0 Å². The number of fused-ring (bicyclic) bond motifs is 12. The molecule has 0 fully saturated rings. The number of hydrogen-bond donors (Lipinski definition) is 1. The van der Waals surface area contributed by atoms with Gasteiger partial charge in [-0.05, 0) is 133 Å². The molecule has 0 amide bonds. The first-order valence-corrected chi connectivity index (χ1v) is 20.6. The molecule has 0 saturated carbocycles. The van der Waals surface area contributed by atoms with Crippen LogP contribution < -0.4 is 16.1 Å². The topological polar surface area (TPSA) is 29.3 Å². The number of rotatable bonds is 5. The third-order valence-electron chi connectivity index (χ3n) is 11.4. The lowest BCUT2D eigenvalue weighted by atomic mass is 9.76. The molecule has 2 bridgehead atoms. The maximum Gasteiger partial charge on any atom is 0.142 e. The van der Waals surface area contributed by atoms with Gasteiger partial charge in [0.05, 0.1) is 5.69 Å². The molecule has 3 heterocycles. The number of anilines is 4. The van der Waals surface area contributed by atoms with Crippen LogP contribution in [0.2, 0.25) is 0 Å². The Kier molecular flexibility index (Phi) is 7.68. The quantitative estimate of drug-likeness (QED) is 0.142. The second-order valence-electron chi connectivity index (χ2n) is 15.1. The van der Waals surface area contributed by atoms with Gasteiger partial charge in [-0.1, -0.05) is 79.0 Å². The predicted octanol–water partition coefficient (Wildman–Crippen LogP) is 12.8. The monoisotopic (exact) mass is 720 g/mol. The van der Waals surface area contributed by atoms with Gasteiger partial charge in [0.15, 0.2) is 0 Å². The van der Waals surface area contributed by atoms with Crippen LogP contribution in [0.3, 0.4) is 0 Å². The predicted molar refractivity (Wildman–Crippen MR) is 237 cm³/mol. The highest BCUT2D eigenvalue weighted by Gasteiger charge is 2.30. The van der Waals surface area contributed by atoms with Crippen LogP contribution in [0, 0.1) is 13.8 Å².